The molecule has 3 heteroatoms. The third-order valence-electron chi connectivity index (χ3n) is 2.37. The molecule has 13 heavy (non-hydrogen) atoms. The van der Waals surface area contributed by atoms with E-state index in [1.54, 1.807) is 0 Å². The number of rotatable bonds is 4. The summed E-state index contributed by atoms with van der Waals surface area (Å²) in [6.45, 7) is 9.91. The summed E-state index contributed by atoms with van der Waals surface area (Å²) < 4.78 is 5.37. The number of ether oxygens (including phenoxy) is 1. The van der Waals surface area contributed by atoms with Gasteiger partial charge in [-0.05, 0) is 26.2 Å². The van der Waals surface area contributed by atoms with Crippen molar-refractivity contribution in [3.63, 3.8) is 0 Å². The van der Waals surface area contributed by atoms with E-state index in [1.165, 1.54) is 0 Å². The highest BCUT2D eigenvalue weighted by molar-refractivity contribution is 9.10. The molecule has 0 aromatic heterocycles. The predicted molar refractivity (Wildman–Crippen MR) is 58.0 cm³/mol. The lowest BCUT2D eigenvalue weighted by Gasteiger charge is -2.30. The second-order valence-electron chi connectivity index (χ2n) is 4.06. The van der Waals surface area contributed by atoms with Crippen LogP contribution in [0.1, 0.15) is 41.0 Å². The quantitative estimate of drug-likeness (QED) is 0.566. The van der Waals surface area contributed by atoms with Crippen LogP contribution in [0.2, 0.25) is 0 Å². The molecule has 78 valence electrons. The molecule has 0 aromatic rings. The summed E-state index contributed by atoms with van der Waals surface area (Å²) >= 11 is 3.27. The number of carbonyl (C=O) groups is 1. The third-order valence-corrected chi connectivity index (χ3v) is 3.39. The molecule has 0 aliphatic rings. The zero-order chi connectivity index (χ0) is 10.6. The van der Waals surface area contributed by atoms with E-state index in [9.17, 15) is 4.79 Å². The van der Waals surface area contributed by atoms with Crippen LogP contribution < -0.4 is 0 Å². The minimum Gasteiger partial charge on any atom is -0.459 e. The molecule has 0 saturated carbocycles. The van der Waals surface area contributed by atoms with Crippen molar-refractivity contribution in [2.75, 3.05) is 0 Å². The molecular formula is C10H19BrO2. The Balaban J connectivity index is 4.19. The second kappa shape index (κ2) is 4.99. The summed E-state index contributed by atoms with van der Waals surface area (Å²) in [5, 5.41) is 0. The van der Waals surface area contributed by atoms with Gasteiger partial charge in [-0.1, -0.05) is 36.7 Å². The van der Waals surface area contributed by atoms with Crippen LogP contribution in [0.25, 0.3) is 0 Å². The van der Waals surface area contributed by atoms with Gasteiger partial charge in [0.15, 0.2) is 0 Å². The highest BCUT2D eigenvalue weighted by Gasteiger charge is 2.28. The number of esters is 1. The maximum absolute atomic E-state index is 11.4. The minimum atomic E-state index is -0.377. The van der Waals surface area contributed by atoms with Crippen LogP contribution in [0.15, 0.2) is 0 Å². The van der Waals surface area contributed by atoms with Gasteiger partial charge in [-0.15, -0.1) is 0 Å². The second-order valence-corrected chi connectivity index (χ2v) is 5.16. The van der Waals surface area contributed by atoms with Crippen molar-refractivity contribution in [3.8, 4) is 0 Å². The van der Waals surface area contributed by atoms with Crippen LogP contribution in [0.4, 0.5) is 0 Å². The van der Waals surface area contributed by atoms with E-state index in [0.717, 1.165) is 6.42 Å². The van der Waals surface area contributed by atoms with Crippen LogP contribution in [-0.4, -0.2) is 16.4 Å². The van der Waals surface area contributed by atoms with Crippen LogP contribution in [-0.2, 0) is 9.53 Å². The monoisotopic (exact) mass is 250 g/mol. The Labute approximate surface area is 89.2 Å². The first-order chi connectivity index (χ1) is 5.81. The highest BCUT2D eigenvalue weighted by Crippen LogP contribution is 2.22. The van der Waals surface area contributed by atoms with Crippen molar-refractivity contribution in [3.05, 3.63) is 0 Å². The third kappa shape index (κ3) is 4.12. The van der Waals surface area contributed by atoms with E-state index in [4.69, 9.17) is 4.74 Å². The van der Waals surface area contributed by atoms with Crippen LogP contribution >= 0.6 is 15.9 Å². The first kappa shape index (κ1) is 12.9. The van der Waals surface area contributed by atoms with Gasteiger partial charge in [0, 0.05) is 0 Å². The lowest BCUT2D eigenvalue weighted by molar-refractivity contribution is -0.159. The zero-order valence-electron chi connectivity index (χ0n) is 9.06. The van der Waals surface area contributed by atoms with Gasteiger partial charge in [0.05, 0.1) is 0 Å². The van der Waals surface area contributed by atoms with E-state index in [2.05, 4.69) is 15.9 Å². The molecule has 0 saturated heterocycles. The highest BCUT2D eigenvalue weighted by atomic mass is 79.9. The molecule has 0 heterocycles. The number of carbonyl (C=O) groups excluding carboxylic acids is 1. The van der Waals surface area contributed by atoms with Crippen molar-refractivity contribution in [2.24, 2.45) is 5.92 Å². The Morgan fingerprint density at radius 2 is 1.92 bits per heavy atom. The number of alkyl halides is 1. The average molecular weight is 251 g/mol. The lowest BCUT2D eigenvalue weighted by atomic mass is 9.95. The Morgan fingerprint density at radius 1 is 1.46 bits per heavy atom. The molecule has 0 fully saturated rings. The van der Waals surface area contributed by atoms with E-state index < -0.39 is 0 Å². The molecule has 1 atom stereocenters. The SMILES string of the molecule is CCC(Br)C(=O)OC(C)(C)C(C)C. The van der Waals surface area contributed by atoms with Crippen LogP contribution in [0.3, 0.4) is 0 Å². The molecular weight excluding hydrogens is 232 g/mol. The topological polar surface area (TPSA) is 26.3 Å². The van der Waals surface area contributed by atoms with Gasteiger partial charge < -0.3 is 4.74 Å². The van der Waals surface area contributed by atoms with Gasteiger partial charge in [0.2, 0.25) is 0 Å². The van der Waals surface area contributed by atoms with Crippen LogP contribution in [0, 0.1) is 5.92 Å². The molecule has 1 unspecified atom stereocenters. The normalized spacial score (nSPS) is 14.4. The largest absolute Gasteiger partial charge is 0.459 e. The zero-order valence-corrected chi connectivity index (χ0v) is 10.6. The number of halogens is 1. The maximum Gasteiger partial charge on any atom is 0.320 e. The van der Waals surface area contributed by atoms with Crippen molar-refractivity contribution in [1.82, 2.24) is 0 Å². The number of hydrogen-bond acceptors (Lipinski definition) is 2. The minimum absolute atomic E-state index is 0.166. The summed E-state index contributed by atoms with van der Waals surface area (Å²) in [4.78, 5) is 11.2. The fraction of sp³-hybridized carbons (Fsp3) is 0.900. The Hall–Kier alpha value is -0.0500. The van der Waals surface area contributed by atoms with Crippen molar-refractivity contribution in [2.45, 2.75) is 51.5 Å². The molecule has 0 aliphatic heterocycles. The molecule has 0 spiro atoms. The average Bonchev–Trinajstić information content (AvgIpc) is 2.01. The van der Waals surface area contributed by atoms with Gasteiger partial charge in [-0.2, -0.15) is 0 Å². The van der Waals surface area contributed by atoms with Gasteiger partial charge in [-0.3, -0.25) is 4.79 Å². The van der Waals surface area contributed by atoms with Gasteiger partial charge >= 0.3 is 5.97 Å². The van der Waals surface area contributed by atoms with Gasteiger partial charge in [0.25, 0.3) is 0 Å². The fourth-order valence-corrected chi connectivity index (χ4v) is 0.701. The summed E-state index contributed by atoms with van der Waals surface area (Å²) in [7, 11) is 0. The maximum atomic E-state index is 11.4. The van der Waals surface area contributed by atoms with Gasteiger partial charge in [0.1, 0.15) is 10.4 Å². The summed E-state index contributed by atoms with van der Waals surface area (Å²) in [6.07, 6.45) is 0.757. The molecule has 0 rings (SSSR count). The number of hydrogen-bond donors (Lipinski definition) is 0. The molecule has 0 aromatic carbocycles. The summed E-state index contributed by atoms with van der Waals surface area (Å²) in [5.74, 6) is 0.161. The molecule has 0 radical (unpaired) electrons. The molecule has 0 bridgehead atoms. The van der Waals surface area contributed by atoms with E-state index >= 15 is 0 Å². The Bertz CT molecular complexity index is 176. The first-order valence-electron chi connectivity index (χ1n) is 4.68. The van der Waals surface area contributed by atoms with Crippen LogP contribution in [0.5, 0.6) is 0 Å². The molecule has 2 nitrogen and oxygen atoms in total. The molecule has 0 aliphatic carbocycles. The van der Waals surface area contributed by atoms with Crippen molar-refractivity contribution < 1.29 is 9.53 Å². The van der Waals surface area contributed by atoms with Crippen molar-refractivity contribution >= 4 is 21.9 Å². The summed E-state index contributed by atoms with van der Waals surface area (Å²) in [6, 6.07) is 0. The Kier molecular flexibility index (Phi) is 4.97. The lowest BCUT2D eigenvalue weighted by Crippen LogP contribution is -2.36. The van der Waals surface area contributed by atoms with Gasteiger partial charge in [-0.25, -0.2) is 0 Å². The molecule has 0 amide bonds. The van der Waals surface area contributed by atoms with E-state index in [0.29, 0.717) is 5.92 Å². The first-order valence-corrected chi connectivity index (χ1v) is 5.59. The predicted octanol–water partition coefficient (Wildman–Crippen LogP) is 3.14. The fourth-order valence-electron chi connectivity index (χ4n) is 0.608. The smallest absolute Gasteiger partial charge is 0.320 e. The van der Waals surface area contributed by atoms with E-state index in [1.807, 2.05) is 34.6 Å². The summed E-state index contributed by atoms with van der Waals surface area (Å²) in [5.41, 5.74) is -0.377. The molecule has 0 N–H and O–H groups in total. The standard InChI is InChI=1S/C10H19BrO2/c1-6-8(11)9(12)13-10(4,5)7(2)3/h7-8H,6H2,1-5H3. The Morgan fingerprint density at radius 3 is 2.23 bits per heavy atom. The van der Waals surface area contributed by atoms with Crippen molar-refractivity contribution in [1.29, 1.82) is 0 Å². The van der Waals surface area contributed by atoms with E-state index in [-0.39, 0.29) is 16.4 Å².